The van der Waals surface area contributed by atoms with E-state index in [9.17, 15) is 4.21 Å². The lowest BCUT2D eigenvalue weighted by Gasteiger charge is -2.13. The quantitative estimate of drug-likeness (QED) is 0.890. The number of hydrogen-bond acceptors (Lipinski definition) is 3. The Morgan fingerprint density at radius 2 is 2.20 bits per heavy atom. The molecule has 0 spiro atoms. The van der Waals surface area contributed by atoms with Gasteiger partial charge in [0.25, 0.3) is 0 Å². The van der Waals surface area contributed by atoms with Crippen molar-refractivity contribution in [2.24, 2.45) is 0 Å². The van der Waals surface area contributed by atoms with E-state index in [1.807, 2.05) is 36.7 Å². The predicted molar refractivity (Wildman–Crippen MR) is 84.2 cm³/mol. The normalized spacial score (nSPS) is 12.6. The predicted octanol–water partition coefficient (Wildman–Crippen LogP) is 2.95. The lowest BCUT2D eigenvalue weighted by Crippen LogP contribution is -2.10. The van der Waals surface area contributed by atoms with Crippen LogP contribution < -0.4 is 5.32 Å². The molecule has 1 aromatic heterocycles. The zero-order valence-corrected chi connectivity index (χ0v) is 13.0. The van der Waals surface area contributed by atoms with Crippen molar-refractivity contribution in [1.82, 2.24) is 9.55 Å². The van der Waals surface area contributed by atoms with Crippen molar-refractivity contribution in [2.75, 3.05) is 11.6 Å². The molecule has 0 saturated heterocycles. The molecule has 20 heavy (non-hydrogen) atoms. The van der Waals surface area contributed by atoms with Crippen LogP contribution in [0.15, 0.2) is 36.7 Å². The molecule has 1 aromatic carbocycles. The molecular weight excluding hydrogens is 270 g/mol. The highest BCUT2D eigenvalue weighted by molar-refractivity contribution is 7.83. The maximum atomic E-state index is 11.3. The molecule has 1 N–H and O–H groups in total. The highest BCUT2D eigenvalue weighted by Crippen LogP contribution is 2.14. The van der Waals surface area contributed by atoms with Gasteiger partial charge in [-0.1, -0.05) is 12.1 Å². The van der Waals surface area contributed by atoms with Gasteiger partial charge in [-0.15, -0.1) is 0 Å². The van der Waals surface area contributed by atoms with Crippen LogP contribution in [0.5, 0.6) is 0 Å². The fraction of sp³-hybridized carbons (Fsp3) is 0.400. The number of anilines is 1. The summed E-state index contributed by atoms with van der Waals surface area (Å²) in [5, 5.41) is 3.37. The van der Waals surface area contributed by atoms with Crippen molar-refractivity contribution >= 4 is 16.5 Å². The van der Waals surface area contributed by atoms with E-state index in [0.29, 0.717) is 18.3 Å². The summed E-state index contributed by atoms with van der Waals surface area (Å²) >= 11 is 0. The van der Waals surface area contributed by atoms with Crippen LogP contribution in [0.25, 0.3) is 0 Å². The summed E-state index contributed by atoms with van der Waals surface area (Å²) in [5.74, 6) is 1.61. The molecule has 0 aliphatic carbocycles. The molecule has 0 saturated carbocycles. The molecule has 0 amide bonds. The van der Waals surface area contributed by atoms with Crippen LogP contribution in [0.2, 0.25) is 0 Å². The van der Waals surface area contributed by atoms with Gasteiger partial charge < -0.3 is 9.88 Å². The number of imidazole rings is 1. The lowest BCUT2D eigenvalue weighted by molar-refractivity contribution is 0.573. The third-order valence-corrected chi connectivity index (χ3v) is 3.79. The van der Waals surface area contributed by atoms with Crippen molar-refractivity contribution in [2.45, 2.75) is 32.2 Å². The van der Waals surface area contributed by atoms with Gasteiger partial charge in [0.1, 0.15) is 5.82 Å². The number of nitrogens with zero attached hydrogens (tertiary/aromatic N) is 2. The van der Waals surface area contributed by atoms with Gasteiger partial charge in [-0.25, -0.2) is 4.98 Å². The number of hydrogen-bond donors (Lipinski definition) is 1. The van der Waals surface area contributed by atoms with Crippen molar-refractivity contribution < 1.29 is 4.21 Å². The smallest absolute Gasteiger partial charge is 0.128 e. The highest BCUT2D eigenvalue weighted by atomic mass is 32.2. The molecular formula is C15H21N3OS. The van der Waals surface area contributed by atoms with Gasteiger partial charge in [0, 0.05) is 46.9 Å². The van der Waals surface area contributed by atoms with E-state index in [-0.39, 0.29) is 0 Å². The first-order valence-corrected chi connectivity index (χ1v) is 8.43. The summed E-state index contributed by atoms with van der Waals surface area (Å²) in [6.45, 7) is 4.97. The van der Waals surface area contributed by atoms with Gasteiger partial charge in [-0.2, -0.15) is 0 Å². The molecule has 1 atom stereocenters. The van der Waals surface area contributed by atoms with Crippen LogP contribution in [-0.4, -0.2) is 20.0 Å². The summed E-state index contributed by atoms with van der Waals surface area (Å²) < 4.78 is 13.4. The molecule has 0 bridgehead atoms. The SMILES string of the molecule is CC(C)n1ccnc1CNc1cccc(CS(C)=O)c1. The Kier molecular flexibility index (Phi) is 4.95. The van der Waals surface area contributed by atoms with Crippen LogP contribution in [-0.2, 0) is 23.1 Å². The molecule has 4 nitrogen and oxygen atoms in total. The van der Waals surface area contributed by atoms with Crippen LogP contribution in [0.3, 0.4) is 0 Å². The Morgan fingerprint density at radius 3 is 2.90 bits per heavy atom. The Labute approximate surface area is 122 Å². The Bertz CT molecular complexity index is 592. The fourth-order valence-corrected chi connectivity index (χ4v) is 2.79. The molecule has 1 unspecified atom stereocenters. The Hall–Kier alpha value is -1.62. The van der Waals surface area contributed by atoms with Gasteiger partial charge in [-0.05, 0) is 31.5 Å². The van der Waals surface area contributed by atoms with E-state index in [1.165, 1.54) is 0 Å². The summed E-state index contributed by atoms with van der Waals surface area (Å²) in [7, 11) is -0.812. The fourth-order valence-electron chi connectivity index (χ4n) is 2.14. The maximum absolute atomic E-state index is 11.3. The first-order chi connectivity index (χ1) is 9.56. The zero-order chi connectivity index (χ0) is 14.5. The van der Waals surface area contributed by atoms with E-state index >= 15 is 0 Å². The molecule has 108 valence electrons. The Balaban J connectivity index is 2.03. The second kappa shape index (κ2) is 6.70. The Morgan fingerprint density at radius 1 is 1.40 bits per heavy atom. The lowest BCUT2D eigenvalue weighted by atomic mass is 10.2. The second-order valence-corrected chi connectivity index (χ2v) is 6.55. The molecule has 5 heteroatoms. The van der Waals surface area contributed by atoms with Crippen LogP contribution in [0.1, 0.15) is 31.3 Å². The first kappa shape index (κ1) is 14.8. The second-order valence-electron chi connectivity index (χ2n) is 5.12. The van der Waals surface area contributed by atoms with Crippen LogP contribution in [0, 0.1) is 0 Å². The minimum atomic E-state index is -0.812. The molecule has 2 rings (SSSR count). The number of benzene rings is 1. The molecule has 0 aliphatic rings. The number of aromatic nitrogens is 2. The maximum Gasteiger partial charge on any atom is 0.128 e. The molecule has 1 heterocycles. The summed E-state index contributed by atoms with van der Waals surface area (Å²) in [6.07, 6.45) is 5.55. The molecule has 0 aliphatic heterocycles. The standard InChI is InChI=1S/C15H21N3OS/c1-12(2)18-8-7-16-15(18)10-17-14-6-4-5-13(9-14)11-20(3)19/h4-9,12,17H,10-11H2,1-3H3. The molecule has 0 radical (unpaired) electrons. The van der Waals surface area contributed by atoms with E-state index in [2.05, 4.69) is 28.7 Å². The van der Waals surface area contributed by atoms with Gasteiger partial charge in [0.15, 0.2) is 0 Å². The van der Waals surface area contributed by atoms with Gasteiger partial charge in [0.05, 0.1) is 6.54 Å². The third kappa shape index (κ3) is 3.93. The van der Waals surface area contributed by atoms with Crippen molar-refractivity contribution in [1.29, 1.82) is 0 Å². The van der Waals surface area contributed by atoms with Gasteiger partial charge >= 0.3 is 0 Å². The van der Waals surface area contributed by atoms with Gasteiger partial charge in [-0.3, -0.25) is 4.21 Å². The van der Waals surface area contributed by atoms with E-state index in [0.717, 1.165) is 17.1 Å². The number of nitrogens with one attached hydrogen (secondary N) is 1. The zero-order valence-electron chi connectivity index (χ0n) is 12.2. The largest absolute Gasteiger partial charge is 0.378 e. The summed E-state index contributed by atoms with van der Waals surface area (Å²) in [4.78, 5) is 4.38. The highest BCUT2D eigenvalue weighted by Gasteiger charge is 2.05. The van der Waals surface area contributed by atoms with Crippen molar-refractivity contribution in [3.8, 4) is 0 Å². The third-order valence-electron chi connectivity index (χ3n) is 3.05. The summed E-state index contributed by atoms with van der Waals surface area (Å²) in [6, 6.07) is 8.46. The average Bonchev–Trinajstić information content (AvgIpc) is 2.84. The first-order valence-electron chi connectivity index (χ1n) is 6.71. The molecule has 0 fully saturated rings. The van der Waals surface area contributed by atoms with E-state index in [1.54, 1.807) is 6.26 Å². The summed E-state index contributed by atoms with van der Waals surface area (Å²) in [5.41, 5.74) is 2.12. The monoisotopic (exact) mass is 291 g/mol. The topological polar surface area (TPSA) is 46.9 Å². The minimum Gasteiger partial charge on any atom is -0.378 e. The average molecular weight is 291 g/mol. The minimum absolute atomic E-state index is 0.406. The van der Waals surface area contributed by atoms with Gasteiger partial charge in [0.2, 0.25) is 0 Å². The van der Waals surface area contributed by atoms with E-state index < -0.39 is 10.8 Å². The number of rotatable bonds is 6. The van der Waals surface area contributed by atoms with E-state index in [4.69, 9.17) is 0 Å². The van der Waals surface area contributed by atoms with Crippen LogP contribution in [0.4, 0.5) is 5.69 Å². The van der Waals surface area contributed by atoms with Crippen LogP contribution >= 0.6 is 0 Å². The van der Waals surface area contributed by atoms with Crippen molar-refractivity contribution in [3.05, 3.63) is 48.0 Å². The van der Waals surface area contributed by atoms with Crippen molar-refractivity contribution in [3.63, 3.8) is 0 Å². The molecule has 2 aromatic rings.